The van der Waals surface area contributed by atoms with E-state index in [1.165, 1.54) is 17.4 Å². The van der Waals surface area contributed by atoms with Gasteiger partial charge in [0.05, 0.1) is 28.5 Å². The van der Waals surface area contributed by atoms with Crippen LogP contribution < -0.4 is 20.7 Å². The molecule has 1 aliphatic heterocycles. The topological polar surface area (TPSA) is 148 Å². The second kappa shape index (κ2) is 13.8. The van der Waals surface area contributed by atoms with Gasteiger partial charge in [-0.3, -0.25) is 0 Å². The highest BCUT2D eigenvalue weighted by molar-refractivity contribution is 7.89. The number of urea groups is 1. The smallest absolute Gasteiger partial charge is 0.407 e. The molecule has 43 heavy (non-hydrogen) atoms. The number of carbonyl (C=O) groups excluding carboxylic acids is 2. The molecular formula is C30H39N5O6S2. The summed E-state index contributed by atoms with van der Waals surface area (Å²) >= 11 is 1.35. The van der Waals surface area contributed by atoms with E-state index >= 15 is 0 Å². The van der Waals surface area contributed by atoms with Crippen molar-refractivity contribution >= 4 is 39.2 Å². The van der Waals surface area contributed by atoms with E-state index in [2.05, 4.69) is 25.7 Å². The number of amides is 3. The lowest BCUT2D eigenvalue weighted by Crippen LogP contribution is -2.42. The molecule has 0 bridgehead atoms. The largest absolute Gasteiger partial charge is 0.447 e. The van der Waals surface area contributed by atoms with Gasteiger partial charge < -0.3 is 25.4 Å². The van der Waals surface area contributed by atoms with Gasteiger partial charge in [0.1, 0.15) is 11.1 Å². The lowest BCUT2D eigenvalue weighted by molar-refractivity contribution is -0.00533. The Morgan fingerprint density at radius 2 is 1.86 bits per heavy atom. The van der Waals surface area contributed by atoms with E-state index in [1.807, 2.05) is 30.3 Å². The van der Waals surface area contributed by atoms with Crippen molar-refractivity contribution in [3.8, 4) is 10.4 Å². The van der Waals surface area contributed by atoms with Crippen LogP contribution in [-0.2, 0) is 26.0 Å². The van der Waals surface area contributed by atoms with Gasteiger partial charge in [0, 0.05) is 29.5 Å². The molecule has 0 spiro atoms. The zero-order valence-electron chi connectivity index (χ0n) is 25.0. The quantitative estimate of drug-likeness (QED) is 0.242. The van der Waals surface area contributed by atoms with E-state index < -0.39 is 27.7 Å². The van der Waals surface area contributed by atoms with Crippen LogP contribution in [0.3, 0.4) is 0 Å². The maximum atomic E-state index is 13.6. The molecule has 1 fully saturated rings. The highest BCUT2D eigenvalue weighted by atomic mass is 32.2. The van der Waals surface area contributed by atoms with Gasteiger partial charge in [0.15, 0.2) is 0 Å². The molecule has 11 nitrogen and oxygen atoms in total. The summed E-state index contributed by atoms with van der Waals surface area (Å²) in [5, 5.41) is 9.06. The Morgan fingerprint density at radius 1 is 1.12 bits per heavy atom. The van der Waals surface area contributed by atoms with Gasteiger partial charge in [-0.2, -0.15) is 0 Å². The molecule has 0 aliphatic carbocycles. The SMILES string of the molecule is CC(C)OC(=O)NC1CCC(c2ncc(-c3ccc(NC(=O)NCc4ccccc4)cc3S(=O)(=O)NC(C)(C)C)s2)OC1. The Morgan fingerprint density at radius 3 is 2.51 bits per heavy atom. The Hall–Kier alpha value is -3.52. The fourth-order valence-corrected chi connectivity index (χ4v) is 7.25. The molecule has 1 aliphatic rings. The summed E-state index contributed by atoms with van der Waals surface area (Å²) in [4.78, 5) is 29.7. The van der Waals surface area contributed by atoms with Gasteiger partial charge in [-0.1, -0.05) is 36.4 Å². The number of nitrogens with one attached hydrogen (secondary N) is 4. The van der Waals surface area contributed by atoms with Crippen molar-refractivity contribution < 1.29 is 27.5 Å². The second-order valence-electron chi connectivity index (χ2n) is 11.6. The fraction of sp³-hybridized carbons (Fsp3) is 0.433. The number of benzene rings is 2. The van der Waals surface area contributed by atoms with Gasteiger partial charge in [0.25, 0.3) is 0 Å². The number of aromatic nitrogens is 1. The summed E-state index contributed by atoms with van der Waals surface area (Å²) in [6.45, 7) is 9.51. The third kappa shape index (κ3) is 9.48. The summed E-state index contributed by atoms with van der Waals surface area (Å²) in [5.41, 5.74) is 1.00. The van der Waals surface area contributed by atoms with Crippen LogP contribution in [0.25, 0.3) is 10.4 Å². The maximum Gasteiger partial charge on any atom is 0.407 e. The van der Waals surface area contributed by atoms with Gasteiger partial charge in [-0.25, -0.2) is 27.7 Å². The number of sulfonamides is 1. The standard InChI is InChI=1S/C30H39N5O6S2/c1-19(2)41-29(37)34-22-12-14-24(40-18-22)27-31-17-25(42-27)23-13-11-21(15-26(23)43(38,39)35-30(3,4)5)33-28(36)32-16-20-9-7-6-8-10-20/h6-11,13,15,17,19,22,24,35H,12,14,16,18H2,1-5H3,(H,34,37)(H2,32,33,36). The molecular weight excluding hydrogens is 590 g/mol. The molecule has 2 aromatic carbocycles. The van der Waals surface area contributed by atoms with E-state index in [-0.39, 0.29) is 23.1 Å². The first-order valence-corrected chi connectivity index (χ1v) is 16.4. The van der Waals surface area contributed by atoms with Crippen LogP contribution in [0.4, 0.5) is 15.3 Å². The molecule has 2 heterocycles. The van der Waals surface area contributed by atoms with Crippen molar-refractivity contribution in [1.29, 1.82) is 0 Å². The summed E-state index contributed by atoms with van der Waals surface area (Å²) in [6.07, 6.45) is 2.01. The van der Waals surface area contributed by atoms with Crippen LogP contribution in [0.2, 0.25) is 0 Å². The zero-order chi connectivity index (χ0) is 31.2. The first-order chi connectivity index (χ1) is 20.3. The van der Waals surface area contributed by atoms with E-state index in [0.29, 0.717) is 47.1 Å². The number of hydrogen-bond acceptors (Lipinski definition) is 8. The molecule has 232 valence electrons. The first kappa shape index (κ1) is 32.4. The third-order valence-electron chi connectivity index (χ3n) is 6.27. The average Bonchev–Trinajstić information content (AvgIpc) is 3.41. The number of hydrogen-bond donors (Lipinski definition) is 4. The summed E-state index contributed by atoms with van der Waals surface area (Å²) < 4.78 is 41.0. The minimum absolute atomic E-state index is 0.0241. The highest BCUT2D eigenvalue weighted by Crippen LogP contribution is 2.38. The van der Waals surface area contributed by atoms with Crippen LogP contribution in [-0.4, -0.2) is 49.8 Å². The number of carbonyl (C=O) groups is 2. The minimum atomic E-state index is -3.98. The molecule has 4 N–H and O–H groups in total. The monoisotopic (exact) mass is 629 g/mol. The highest BCUT2D eigenvalue weighted by Gasteiger charge is 2.29. The van der Waals surface area contributed by atoms with Crippen LogP contribution in [0, 0.1) is 0 Å². The molecule has 1 aromatic heterocycles. The number of alkyl carbamates (subject to hydrolysis) is 1. The number of nitrogens with zero attached hydrogens (tertiary/aromatic N) is 1. The van der Waals surface area contributed by atoms with Gasteiger partial charge in [0.2, 0.25) is 10.0 Å². The second-order valence-corrected chi connectivity index (χ2v) is 14.3. The molecule has 2 atom stereocenters. The van der Waals surface area contributed by atoms with E-state index in [0.717, 1.165) is 5.56 Å². The van der Waals surface area contributed by atoms with Crippen molar-refractivity contribution in [2.45, 2.75) is 82.7 Å². The predicted molar refractivity (Wildman–Crippen MR) is 166 cm³/mol. The van der Waals surface area contributed by atoms with E-state index in [1.54, 1.807) is 52.9 Å². The minimum Gasteiger partial charge on any atom is -0.447 e. The summed E-state index contributed by atoms with van der Waals surface area (Å²) in [7, 11) is -3.98. The average molecular weight is 630 g/mol. The Labute approximate surface area is 256 Å². The van der Waals surface area contributed by atoms with Crippen molar-refractivity contribution in [3.05, 3.63) is 65.3 Å². The van der Waals surface area contributed by atoms with Crippen molar-refractivity contribution in [3.63, 3.8) is 0 Å². The van der Waals surface area contributed by atoms with Crippen LogP contribution in [0.1, 0.15) is 64.1 Å². The molecule has 0 radical (unpaired) electrons. The summed E-state index contributed by atoms with van der Waals surface area (Å²) in [6, 6.07) is 13.6. The van der Waals surface area contributed by atoms with Gasteiger partial charge in [-0.15, -0.1) is 11.3 Å². The fourth-order valence-electron chi connectivity index (χ4n) is 4.47. The molecule has 4 rings (SSSR count). The molecule has 1 saturated heterocycles. The molecule has 3 amide bonds. The maximum absolute atomic E-state index is 13.6. The number of rotatable bonds is 9. The van der Waals surface area contributed by atoms with Gasteiger partial charge >= 0.3 is 12.1 Å². The Kier molecular flexibility index (Phi) is 10.4. The molecule has 3 aromatic rings. The number of ether oxygens (including phenoxy) is 2. The Bertz CT molecular complexity index is 1510. The number of thiazole rings is 1. The normalized spacial score (nSPS) is 17.3. The van der Waals surface area contributed by atoms with Crippen LogP contribution in [0.5, 0.6) is 0 Å². The third-order valence-corrected chi connectivity index (χ3v) is 9.19. The van der Waals surface area contributed by atoms with E-state index in [9.17, 15) is 18.0 Å². The van der Waals surface area contributed by atoms with Crippen LogP contribution >= 0.6 is 11.3 Å². The van der Waals surface area contributed by atoms with Gasteiger partial charge in [-0.05, 0) is 65.2 Å². The molecule has 13 heteroatoms. The lowest BCUT2D eigenvalue weighted by Gasteiger charge is -2.28. The van der Waals surface area contributed by atoms with Crippen molar-refractivity contribution in [2.75, 3.05) is 11.9 Å². The van der Waals surface area contributed by atoms with Crippen molar-refractivity contribution in [1.82, 2.24) is 20.3 Å². The number of anilines is 1. The Balaban J connectivity index is 1.50. The lowest BCUT2D eigenvalue weighted by atomic mass is 10.1. The first-order valence-electron chi connectivity index (χ1n) is 14.1. The zero-order valence-corrected chi connectivity index (χ0v) is 26.6. The summed E-state index contributed by atoms with van der Waals surface area (Å²) in [5.74, 6) is 0. The molecule has 2 unspecified atom stereocenters. The van der Waals surface area contributed by atoms with Crippen molar-refractivity contribution in [2.24, 2.45) is 0 Å². The molecule has 0 saturated carbocycles. The van der Waals surface area contributed by atoms with Crippen LogP contribution in [0.15, 0.2) is 59.6 Å². The predicted octanol–water partition coefficient (Wildman–Crippen LogP) is 5.56. The van der Waals surface area contributed by atoms with E-state index in [4.69, 9.17) is 9.47 Å².